The van der Waals surface area contributed by atoms with Crippen molar-refractivity contribution in [1.82, 2.24) is 14.3 Å². The fourth-order valence-electron chi connectivity index (χ4n) is 2.31. The standard InChI is InChI=1S/C18H15N5OS2/c1-11-8-12(2)20-17(14(11)9-19)25-10-15(24)21-18-22-16(23-26-18)13-6-4-3-5-7-13/h3-8H,10H2,1-2H3,(H,21,22,23,24). The Morgan fingerprint density at radius 3 is 2.77 bits per heavy atom. The average molecular weight is 381 g/mol. The van der Waals surface area contributed by atoms with E-state index in [1.54, 1.807) is 0 Å². The van der Waals surface area contributed by atoms with Gasteiger partial charge in [0, 0.05) is 22.8 Å². The van der Waals surface area contributed by atoms with Crippen molar-refractivity contribution in [2.75, 3.05) is 11.1 Å². The van der Waals surface area contributed by atoms with Gasteiger partial charge >= 0.3 is 0 Å². The van der Waals surface area contributed by atoms with Crippen LogP contribution in [0.1, 0.15) is 16.8 Å². The lowest BCUT2D eigenvalue weighted by Crippen LogP contribution is -2.14. The summed E-state index contributed by atoms with van der Waals surface area (Å²) in [4.78, 5) is 20.9. The number of thioether (sulfide) groups is 1. The molecule has 2 aromatic heterocycles. The highest BCUT2D eigenvalue weighted by Crippen LogP contribution is 2.24. The maximum absolute atomic E-state index is 12.2. The molecule has 0 fully saturated rings. The van der Waals surface area contributed by atoms with E-state index < -0.39 is 0 Å². The zero-order valence-corrected chi connectivity index (χ0v) is 15.8. The predicted molar refractivity (Wildman–Crippen MR) is 103 cm³/mol. The van der Waals surface area contributed by atoms with Crippen molar-refractivity contribution in [3.63, 3.8) is 0 Å². The van der Waals surface area contributed by atoms with Gasteiger partial charge in [-0.2, -0.15) is 14.6 Å². The Bertz CT molecular complexity index is 979. The van der Waals surface area contributed by atoms with Gasteiger partial charge in [0.05, 0.1) is 11.3 Å². The van der Waals surface area contributed by atoms with E-state index in [1.807, 2.05) is 50.2 Å². The number of nitrogens with zero attached hydrogens (tertiary/aromatic N) is 4. The van der Waals surface area contributed by atoms with Crippen LogP contribution in [-0.4, -0.2) is 26.0 Å². The topological polar surface area (TPSA) is 91.6 Å². The van der Waals surface area contributed by atoms with E-state index in [-0.39, 0.29) is 11.7 Å². The smallest absolute Gasteiger partial charge is 0.236 e. The Kier molecular flexibility index (Phi) is 5.61. The van der Waals surface area contributed by atoms with Crippen molar-refractivity contribution >= 4 is 34.3 Å². The molecule has 0 atom stereocenters. The lowest BCUT2D eigenvalue weighted by atomic mass is 10.1. The van der Waals surface area contributed by atoms with E-state index in [9.17, 15) is 10.1 Å². The van der Waals surface area contributed by atoms with Gasteiger partial charge in [-0.25, -0.2) is 4.98 Å². The Morgan fingerprint density at radius 1 is 1.27 bits per heavy atom. The molecule has 26 heavy (non-hydrogen) atoms. The molecule has 0 bridgehead atoms. The van der Waals surface area contributed by atoms with Crippen LogP contribution in [0.3, 0.4) is 0 Å². The molecule has 6 nitrogen and oxygen atoms in total. The van der Waals surface area contributed by atoms with Crippen molar-refractivity contribution in [2.45, 2.75) is 18.9 Å². The van der Waals surface area contributed by atoms with Gasteiger partial charge in [-0.05, 0) is 25.5 Å². The number of anilines is 1. The van der Waals surface area contributed by atoms with E-state index >= 15 is 0 Å². The van der Waals surface area contributed by atoms with Gasteiger partial charge in [0.15, 0.2) is 5.82 Å². The van der Waals surface area contributed by atoms with Crippen LogP contribution >= 0.6 is 23.3 Å². The number of carbonyl (C=O) groups excluding carboxylic acids is 1. The molecule has 1 aromatic carbocycles. The summed E-state index contributed by atoms with van der Waals surface area (Å²) >= 11 is 2.38. The summed E-state index contributed by atoms with van der Waals surface area (Å²) in [7, 11) is 0. The molecule has 1 N–H and O–H groups in total. The molecule has 0 saturated carbocycles. The summed E-state index contributed by atoms with van der Waals surface area (Å²) in [5.41, 5.74) is 3.09. The number of nitrogens with one attached hydrogen (secondary N) is 1. The highest BCUT2D eigenvalue weighted by Gasteiger charge is 2.13. The molecule has 0 aliphatic heterocycles. The molecule has 0 radical (unpaired) electrons. The number of aromatic nitrogens is 3. The minimum absolute atomic E-state index is 0.144. The molecule has 1 amide bonds. The minimum atomic E-state index is -0.212. The first kappa shape index (κ1) is 18.0. The quantitative estimate of drug-likeness (QED) is 0.676. The van der Waals surface area contributed by atoms with Crippen molar-refractivity contribution in [3.05, 3.63) is 53.2 Å². The zero-order valence-electron chi connectivity index (χ0n) is 14.2. The summed E-state index contributed by atoms with van der Waals surface area (Å²) in [6.45, 7) is 3.73. The third-order valence-electron chi connectivity index (χ3n) is 3.47. The van der Waals surface area contributed by atoms with Crippen LogP contribution in [0.25, 0.3) is 11.4 Å². The normalized spacial score (nSPS) is 10.3. The van der Waals surface area contributed by atoms with Crippen LogP contribution < -0.4 is 5.32 Å². The highest BCUT2D eigenvalue weighted by atomic mass is 32.2. The fourth-order valence-corrected chi connectivity index (χ4v) is 3.82. The number of hydrogen-bond donors (Lipinski definition) is 1. The van der Waals surface area contributed by atoms with Crippen LogP contribution in [0.15, 0.2) is 41.4 Å². The van der Waals surface area contributed by atoms with E-state index in [0.29, 0.717) is 21.5 Å². The molecule has 3 aromatic rings. The van der Waals surface area contributed by atoms with Crippen LogP contribution in [-0.2, 0) is 4.79 Å². The maximum atomic E-state index is 12.2. The predicted octanol–water partition coefficient (Wildman–Crippen LogP) is 3.82. The number of carbonyl (C=O) groups is 1. The molecule has 0 spiro atoms. The Morgan fingerprint density at radius 2 is 2.04 bits per heavy atom. The second-order valence-electron chi connectivity index (χ2n) is 5.50. The van der Waals surface area contributed by atoms with Gasteiger partial charge in [-0.15, -0.1) is 0 Å². The molecule has 130 valence electrons. The molecule has 0 aliphatic rings. The third kappa shape index (κ3) is 4.25. The first-order chi connectivity index (χ1) is 12.6. The molecule has 0 aliphatic carbocycles. The van der Waals surface area contributed by atoms with Gasteiger partial charge < -0.3 is 0 Å². The number of amides is 1. The monoisotopic (exact) mass is 381 g/mol. The van der Waals surface area contributed by atoms with Gasteiger partial charge in [0.25, 0.3) is 0 Å². The lowest BCUT2D eigenvalue weighted by Gasteiger charge is -2.07. The van der Waals surface area contributed by atoms with Crippen molar-refractivity contribution in [2.24, 2.45) is 0 Å². The summed E-state index contributed by atoms with van der Waals surface area (Å²) in [5.74, 6) is 0.516. The van der Waals surface area contributed by atoms with Crippen molar-refractivity contribution in [3.8, 4) is 17.5 Å². The first-order valence-corrected chi connectivity index (χ1v) is 9.53. The van der Waals surface area contributed by atoms with Gasteiger partial charge in [-0.1, -0.05) is 42.1 Å². The number of pyridine rings is 1. The van der Waals surface area contributed by atoms with Gasteiger partial charge in [-0.3, -0.25) is 10.1 Å². The molecule has 0 saturated heterocycles. The van der Waals surface area contributed by atoms with Crippen LogP contribution in [0.4, 0.5) is 5.13 Å². The summed E-state index contributed by atoms with van der Waals surface area (Å²) in [6.07, 6.45) is 0. The average Bonchev–Trinajstić information content (AvgIpc) is 3.09. The molecular formula is C18H15N5OS2. The molecule has 0 unspecified atom stereocenters. The Labute approximate surface area is 159 Å². The van der Waals surface area contributed by atoms with Gasteiger partial charge in [0.1, 0.15) is 11.1 Å². The summed E-state index contributed by atoms with van der Waals surface area (Å²) in [5, 5.41) is 13.0. The summed E-state index contributed by atoms with van der Waals surface area (Å²) in [6, 6.07) is 13.6. The molecule has 8 heteroatoms. The van der Waals surface area contributed by atoms with Gasteiger partial charge in [0.2, 0.25) is 11.0 Å². The van der Waals surface area contributed by atoms with E-state index in [2.05, 4.69) is 25.7 Å². The van der Waals surface area contributed by atoms with Crippen LogP contribution in [0.2, 0.25) is 0 Å². The van der Waals surface area contributed by atoms with Crippen molar-refractivity contribution < 1.29 is 4.79 Å². The van der Waals surface area contributed by atoms with E-state index in [1.165, 1.54) is 11.8 Å². The maximum Gasteiger partial charge on any atom is 0.236 e. The molecular weight excluding hydrogens is 366 g/mol. The number of aryl methyl sites for hydroxylation is 2. The van der Waals surface area contributed by atoms with E-state index in [4.69, 9.17) is 0 Å². The number of hydrogen-bond acceptors (Lipinski definition) is 7. The van der Waals surface area contributed by atoms with E-state index in [0.717, 1.165) is 28.4 Å². The fraction of sp³-hybridized carbons (Fsp3) is 0.167. The number of nitriles is 1. The van der Waals surface area contributed by atoms with Crippen LogP contribution in [0.5, 0.6) is 0 Å². The first-order valence-electron chi connectivity index (χ1n) is 7.77. The number of benzene rings is 1. The highest BCUT2D eigenvalue weighted by molar-refractivity contribution is 8.00. The minimum Gasteiger partial charge on any atom is -0.300 e. The Hall–Kier alpha value is -2.76. The molecule has 3 rings (SSSR count). The SMILES string of the molecule is Cc1cc(C)c(C#N)c(SCC(=O)Nc2nc(-c3ccccc3)ns2)n1. The second-order valence-corrected chi connectivity index (χ2v) is 7.21. The number of rotatable bonds is 5. The van der Waals surface area contributed by atoms with Crippen LogP contribution in [0, 0.1) is 25.2 Å². The zero-order chi connectivity index (χ0) is 18.5. The molecule has 2 heterocycles. The summed E-state index contributed by atoms with van der Waals surface area (Å²) < 4.78 is 4.26. The largest absolute Gasteiger partial charge is 0.300 e. The third-order valence-corrected chi connectivity index (χ3v) is 5.07. The Balaban J connectivity index is 1.64. The second kappa shape index (κ2) is 8.08. The lowest BCUT2D eigenvalue weighted by molar-refractivity contribution is -0.113. The van der Waals surface area contributed by atoms with Crippen molar-refractivity contribution in [1.29, 1.82) is 5.26 Å².